The number of hydrogen-bond acceptors (Lipinski definition) is 3. The topological polar surface area (TPSA) is 41.4 Å². The van der Waals surface area contributed by atoms with Crippen LogP contribution in [0.15, 0.2) is 30.3 Å². The summed E-state index contributed by atoms with van der Waals surface area (Å²) in [7, 11) is 0. The molecule has 0 atom stereocenters. The van der Waals surface area contributed by atoms with Gasteiger partial charge in [0, 0.05) is 50.5 Å². The molecule has 0 N–H and O–H groups in total. The standard InChI is InChI=1S/C19H26N4O/c1-15-6-4-5-7-18(15)21-10-12-22(13-11-21)19(24)8-9-23-17(3)14-16(2)20-23/h4-7,14H,8-13H2,1-3H3. The molecule has 1 aliphatic rings. The van der Waals surface area contributed by atoms with E-state index in [1.807, 2.05) is 29.5 Å². The van der Waals surface area contributed by atoms with Crippen molar-refractivity contribution < 1.29 is 4.79 Å². The third-order valence-electron chi connectivity index (χ3n) is 4.73. The van der Waals surface area contributed by atoms with Gasteiger partial charge in [-0.2, -0.15) is 5.10 Å². The zero-order valence-electron chi connectivity index (χ0n) is 14.8. The molecular formula is C19H26N4O. The van der Waals surface area contributed by atoms with E-state index in [2.05, 4.69) is 41.2 Å². The van der Waals surface area contributed by atoms with E-state index in [1.165, 1.54) is 11.3 Å². The first kappa shape index (κ1) is 16.6. The summed E-state index contributed by atoms with van der Waals surface area (Å²) in [5.41, 5.74) is 4.70. The fourth-order valence-corrected chi connectivity index (χ4v) is 3.38. The summed E-state index contributed by atoms with van der Waals surface area (Å²) in [5.74, 6) is 0.229. The minimum absolute atomic E-state index is 0.229. The lowest BCUT2D eigenvalue weighted by molar-refractivity contribution is -0.131. The molecule has 0 saturated carbocycles. The Morgan fingerprint density at radius 3 is 2.42 bits per heavy atom. The van der Waals surface area contributed by atoms with Gasteiger partial charge in [0.05, 0.1) is 5.69 Å². The normalized spacial score (nSPS) is 15.0. The van der Waals surface area contributed by atoms with Gasteiger partial charge >= 0.3 is 0 Å². The second kappa shape index (κ2) is 7.07. The van der Waals surface area contributed by atoms with Crippen molar-refractivity contribution in [2.24, 2.45) is 0 Å². The Labute approximate surface area is 143 Å². The average molecular weight is 326 g/mol. The number of carbonyl (C=O) groups is 1. The maximum Gasteiger partial charge on any atom is 0.224 e. The van der Waals surface area contributed by atoms with E-state index in [-0.39, 0.29) is 5.91 Å². The molecule has 1 fully saturated rings. The average Bonchev–Trinajstić information content (AvgIpc) is 2.91. The summed E-state index contributed by atoms with van der Waals surface area (Å²) in [6, 6.07) is 10.5. The molecule has 0 spiro atoms. The quantitative estimate of drug-likeness (QED) is 0.867. The first-order valence-corrected chi connectivity index (χ1v) is 8.64. The summed E-state index contributed by atoms with van der Waals surface area (Å²) in [6.07, 6.45) is 0.520. The van der Waals surface area contributed by atoms with Crippen LogP contribution in [0.1, 0.15) is 23.4 Å². The van der Waals surface area contributed by atoms with Gasteiger partial charge in [-0.1, -0.05) is 18.2 Å². The molecule has 128 valence electrons. The van der Waals surface area contributed by atoms with E-state index in [0.717, 1.165) is 37.6 Å². The Morgan fingerprint density at radius 2 is 1.79 bits per heavy atom. The van der Waals surface area contributed by atoms with Crippen LogP contribution in [-0.2, 0) is 11.3 Å². The number of para-hydroxylation sites is 1. The molecule has 2 heterocycles. The number of hydrogen-bond donors (Lipinski definition) is 0. The van der Waals surface area contributed by atoms with Gasteiger partial charge in [0.2, 0.25) is 5.91 Å². The fraction of sp³-hybridized carbons (Fsp3) is 0.474. The second-order valence-corrected chi connectivity index (χ2v) is 6.55. The number of aromatic nitrogens is 2. The number of rotatable bonds is 4. The van der Waals surface area contributed by atoms with Crippen molar-refractivity contribution in [1.82, 2.24) is 14.7 Å². The highest BCUT2D eigenvalue weighted by atomic mass is 16.2. The second-order valence-electron chi connectivity index (χ2n) is 6.55. The lowest BCUT2D eigenvalue weighted by Crippen LogP contribution is -2.49. The smallest absolute Gasteiger partial charge is 0.224 e. The zero-order valence-corrected chi connectivity index (χ0v) is 14.8. The highest BCUT2D eigenvalue weighted by Gasteiger charge is 2.21. The zero-order chi connectivity index (χ0) is 17.1. The van der Waals surface area contributed by atoms with Gasteiger partial charge in [-0.3, -0.25) is 9.48 Å². The molecule has 1 aliphatic heterocycles. The van der Waals surface area contributed by atoms with Crippen LogP contribution in [0.5, 0.6) is 0 Å². The molecule has 0 bridgehead atoms. The monoisotopic (exact) mass is 326 g/mol. The summed E-state index contributed by atoms with van der Waals surface area (Å²) >= 11 is 0. The largest absolute Gasteiger partial charge is 0.368 e. The van der Waals surface area contributed by atoms with Gasteiger partial charge in [0.25, 0.3) is 0 Å². The third kappa shape index (κ3) is 3.61. The predicted octanol–water partition coefficient (Wildman–Crippen LogP) is 2.55. The number of amides is 1. The van der Waals surface area contributed by atoms with E-state index in [9.17, 15) is 4.79 Å². The first-order chi connectivity index (χ1) is 11.5. The van der Waals surface area contributed by atoms with Crippen molar-refractivity contribution in [3.63, 3.8) is 0 Å². The number of nitrogens with zero attached hydrogens (tertiary/aromatic N) is 4. The van der Waals surface area contributed by atoms with Gasteiger partial charge in [-0.05, 0) is 38.5 Å². The number of anilines is 1. The molecule has 1 saturated heterocycles. The Balaban J connectivity index is 1.52. The van der Waals surface area contributed by atoms with Crippen LogP contribution in [0, 0.1) is 20.8 Å². The predicted molar refractivity (Wildman–Crippen MR) is 96.3 cm³/mol. The van der Waals surface area contributed by atoms with Gasteiger partial charge in [0.1, 0.15) is 0 Å². The van der Waals surface area contributed by atoms with Crippen LogP contribution in [0.2, 0.25) is 0 Å². The fourth-order valence-electron chi connectivity index (χ4n) is 3.38. The third-order valence-corrected chi connectivity index (χ3v) is 4.73. The summed E-state index contributed by atoms with van der Waals surface area (Å²) < 4.78 is 1.93. The Bertz CT molecular complexity index is 714. The van der Waals surface area contributed by atoms with Gasteiger partial charge < -0.3 is 9.80 Å². The van der Waals surface area contributed by atoms with Crippen molar-refractivity contribution >= 4 is 11.6 Å². The van der Waals surface area contributed by atoms with Gasteiger partial charge in [-0.25, -0.2) is 0 Å². The van der Waals surface area contributed by atoms with Crippen molar-refractivity contribution in [2.45, 2.75) is 33.7 Å². The number of carbonyl (C=O) groups excluding carboxylic acids is 1. The van der Waals surface area contributed by atoms with Gasteiger partial charge in [0.15, 0.2) is 0 Å². The van der Waals surface area contributed by atoms with Crippen molar-refractivity contribution in [2.75, 3.05) is 31.1 Å². The minimum atomic E-state index is 0.229. The SMILES string of the molecule is Cc1cc(C)n(CCC(=O)N2CCN(c3ccccc3C)CC2)n1. The summed E-state index contributed by atoms with van der Waals surface area (Å²) in [5, 5.41) is 4.43. The van der Waals surface area contributed by atoms with Gasteiger partial charge in [-0.15, -0.1) is 0 Å². The maximum absolute atomic E-state index is 12.5. The van der Waals surface area contributed by atoms with Crippen molar-refractivity contribution in [3.8, 4) is 0 Å². The van der Waals surface area contributed by atoms with E-state index in [0.29, 0.717) is 13.0 Å². The lowest BCUT2D eigenvalue weighted by Gasteiger charge is -2.36. The molecular weight excluding hydrogens is 300 g/mol. The molecule has 1 aromatic carbocycles. The van der Waals surface area contributed by atoms with E-state index >= 15 is 0 Å². The Kier molecular flexibility index (Phi) is 4.88. The summed E-state index contributed by atoms with van der Waals surface area (Å²) in [6.45, 7) is 10.2. The molecule has 3 rings (SSSR count). The molecule has 0 radical (unpaired) electrons. The molecule has 0 aliphatic carbocycles. The number of piperazine rings is 1. The number of benzene rings is 1. The van der Waals surface area contributed by atoms with E-state index < -0.39 is 0 Å². The van der Waals surface area contributed by atoms with Crippen LogP contribution in [0.4, 0.5) is 5.69 Å². The molecule has 5 nitrogen and oxygen atoms in total. The van der Waals surface area contributed by atoms with Crippen LogP contribution in [-0.4, -0.2) is 46.8 Å². The summed E-state index contributed by atoms with van der Waals surface area (Å²) in [4.78, 5) is 16.8. The highest BCUT2D eigenvalue weighted by molar-refractivity contribution is 5.76. The minimum Gasteiger partial charge on any atom is -0.368 e. The van der Waals surface area contributed by atoms with Crippen LogP contribution in [0.3, 0.4) is 0 Å². The molecule has 5 heteroatoms. The Hall–Kier alpha value is -2.30. The number of aryl methyl sites for hydroxylation is 4. The van der Waals surface area contributed by atoms with E-state index in [4.69, 9.17) is 0 Å². The maximum atomic E-state index is 12.5. The molecule has 1 aromatic heterocycles. The highest BCUT2D eigenvalue weighted by Crippen LogP contribution is 2.21. The molecule has 24 heavy (non-hydrogen) atoms. The lowest BCUT2D eigenvalue weighted by atomic mass is 10.1. The van der Waals surface area contributed by atoms with Crippen molar-refractivity contribution in [3.05, 3.63) is 47.3 Å². The first-order valence-electron chi connectivity index (χ1n) is 8.64. The van der Waals surface area contributed by atoms with Crippen LogP contribution in [0.25, 0.3) is 0 Å². The van der Waals surface area contributed by atoms with E-state index in [1.54, 1.807) is 0 Å². The Morgan fingerprint density at radius 1 is 1.08 bits per heavy atom. The van der Waals surface area contributed by atoms with Crippen molar-refractivity contribution in [1.29, 1.82) is 0 Å². The molecule has 1 amide bonds. The molecule has 2 aromatic rings. The van der Waals surface area contributed by atoms with Crippen LogP contribution >= 0.6 is 0 Å². The van der Waals surface area contributed by atoms with Crippen LogP contribution < -0.4 is 4.90 Å². The molecule has 0 unspecified atom stereocenters.